The molecule has 0 amide bonds. The number of unbranched alkanes of at least 4 members (excludes halogenated alkanes) is 6. The molecule has 102 valence electrons. The van der Waals surface area contributed by atoms with E-state index in [2.05, 4.69) is 6.92 Å². The molecular formula is C15H25NO2. The molecular weight excluding hydrogens is 226 g/mol. The van der Waals surface area contributed by atoms with E-state index in [1.807, 2.05) is 13.0 Å². The van der Waals surface area contributed by atoms with Crippen molar-refractivity contribution in [3.63, 3.8) is 0 Å². The summed E-state index contributed by atoms with van der Waals surface area (Å²) in [4.78, 5) is 11.4. The maximum absolute atomic E-state index is 11.4. The molecule has 1 aromatic heterocycles. The number of hydrogen-bond acceptors (Lipinski definition) is 2. The van der Waals surface area contributed by atoms with E-state index < -0.39 is 0 Å². The highest BCUT2D eigenvalue weighted by Gasteiger charge is 2.03. The van der Waals surface area contributed by atoms with Crippen molar-refractivity contribution in [3.8, 4) is 0 Å². The molecule has 1 N–H and O–H groups in total. The molecule has 1 rings (SSSR count). The Morgan fingerprint density at radius 1 is 1.06 bits per heavy atom. The predicted octanol–water partition coefficient (Wildman–Crippen LogP) is 3.69. The first kappa shape index (κ1) is 14.8. The van der Waals surface area contributed by atoms with E-state index in [0.29, 0.717) is 0 Å². The Bertz CT molecular complexity index is 409. The van der Waals surface area contributed by atoms with Crippen molar-refractivity contribution in [2.75, 3.05) is 0 Å². The van der Waals surface area contributed by atoms with Gasteiger partial charge in [0.2, 0.25) is 0 Å². The summed E-state index contributed by atoms with van der Waals surface area (Å²) in [6.07, 6.45) is 9.47. The third-order valence-electron chi connectivity index (χ3n) is 3.26. The van der Waals surface area contributed by atoms with Crippen molar-refractivity contribution in [1.29, 1.82) is 0 Å². The van der Waals surface area contributed by atoms with Crippen molar-refractivity contribution in [1.82, 2.24) is 4.73 Å². The average Bonchev–Trinajstić information content (AvgIpc) is 2.33. The number of aromatic nitrogens is 1. The zero-order chi connectivity index (χ0) is 13.4. The zero-order valence-electron chi connectivity index (χ0n) is 11.6. The van der Waals surface area contributed by atoms with Crippen LogP contribution in [0.2, 0.25) is 0 Å². The van der Waals surface area contributed by atoms with E-state index in [0.717, 1.165) is 28.8 Å². The molecule has 0 aliphatic heterocycles. The van der Waals surface area contributed by atoms with Crippen LogP contribution in [0.15, 0.2) is 16.9 Å². The number of hydrogen-bond donors (Lipinski definition) is 1. The average molecular weight is 251 g/mol. The quantitative estimate of drug-likeness (QED) is 0.565. The van der Waals surface area contributed by atoms with Crippen LogP contribution in [0.5, 0.6) is 0 Å². The Morgan fingerprint density at radius 3 is 2.33 bits per heavy atom. The Hall–Kier alpha value is -1.25. The first-order chi connectivity index (χ1) is 8.65. The molecule has 0 spiro atoms. The molecule has 0 atom stereocenters. The molecule has 0 aliphatic rings. The summed E-state index contributed by atoms with van der Waals surface area (Å²) in [7, 11) is 0. The highest BCUT2D eigenvalue weighted by Crippen LogP contribution is 2.10. The number of rotatable bonds is 8. The minimum atomic E-state index is -0.326. The third kappa shape index (κ3) is 4.94. The molecule has 3 nitrogen and oxygen atoms in total. The second kappa shape index (κ2) is 7.96. The van der Waals surface area contributed by atoms with Crippen molar-refractivity contribution in [3.05, 3.63) is 33.7 Å². The highest BCUT2D eigenvalue weighted by molar-refractivity contribution is 5.15. The molecule has 0 saturated carbocycles. The van der Waals surface area contributed by atoms with Crippen LogP contribution in [0.3, 0.4) is 0 Å². The Labute approximate surface area is 109 Å². The molecule has 0 unspecified atom stereocenters. The first-order valence-electron chi connectivity index (χ1n) is 7.07. The van der Waals surface area contributed by atoms with E-state index in [1.165, 1.54) is 44.6 Å². The second-order valence-electron chi connectivity index (χ2n) is 5.05. The van der Waals surface area contributed by atoms with Crippen LogP contribution < -0.4 is 5.56 Å². The van der Waals surface area contributed by atoms with Gasteiger partial charge in [-0.2, -0.15) is 4.73 Å². The SMILES string of the molecule is CCCCCCCCCc1cc(C)cc(=O)n1O. The fourth-order valence-electron chi connectivity index (χ4n) is 2.20. The lowest BCUT2D eigenvalue weighted by Gasteiger charge is -2.07. The van der Waals surface area contributed by atoms with Gasteiger partial charge in [0.1, 0.15) is 0 Å². The maximum Gasteiger partial charge on any atom is 0.283 e. The van der Waals surface area contributed by atoms with Crippen LogP contribution in [0.25, 0.3) is 0 Å². The molecule has 1 heterocycles. The fourth-order valence-corrected chi connectivity index (χ4v) is 2.20. The summed E-state index contributed by atoms with van der Waals surface area (Å²) in [5.74, 6) is 0. The van der Waals surface area contributed by atoms with Crippen molar-refractivity contribution in [2.24, 2.45) is 0 Å². The Balaban J connectivity index is 2.29. The lowest BCUT2D eigenvalue weighted by atomic mass is 10.1. The van der Waals surface area contributed by atoms with Gasteiger partial charge >= 0.3 is 0 Å². The van der Waals surface area contributed by atoms with E-state index >= 15 is 0 Å². The van der Waals surface area contributed by atoms with Gasteiger partial charge < -0.3 is 5.21 Å². The molecule has 0 fully saturated rings. The molecule has 18 heavy (non-hydrogen) atoms. The molecule has 0 bridgehead atoms. The third-order valence-corrected chi connectivity index (χ3v) is 3.26. The molecule has 0 radical (unpaired) electrons. The summed E-state index contributed by atoms with van der Waals surface area (Å²) >= 11 is 0. The van der Waals surface area contributed by atoms with Gasteiger partial charge in [0.05, 0.1) is 5.69 Å². The van der Waals surface area contributed by atoms with Gasteiger partial charge in [-0.3, -0.25) is 4.79 Å². The van der Waals surface area contributed by atoms with Crippen LogP contribution in [-0.2, 0) is 6.42 Å². The van der Waals surface area contributed by atoms with Crippen LogP contribution in [0.4, 0.5) is 0 Å². The molecule has 0 aliphatic carbocycles. The maximum atomic E-state index is 11.4. The number of pyridine rings is 1. The van der Waals surface area contributed by atoms with Crippen molar-refractivity contribution >= 4 is 0 Å². The minimum absolute atomic E-state index is 0.326. The van der Waals surface area contributed by atoms with Crippen LogP contribution in [0, 0.1) is 6.92 Å². The Kier molecular flexibility index (Phi) is 6.55. The fraction of sp³-hybridized carbons (Fsp3) is 0.667. The molecule has 0 saturated heterocycles. The van der Waals surface area contributed by atoms with Gasteiger partial charge in [0.15, 0.2) is 0 Å². The van der Waals surface area contributed by atoms with Crippen molar-refractivity contribution < 1.29 is 5.21 Å². The second-order valence-corrected chi connectivity index (χ2v) is 5.05. The molecule has 0 aromatic carbocycles. The lowest BCUT2D eigenvalue weighted by molar-refractivity contribution is 0.164. The van der Waals surface area contributed by atoms with Gasteiger partial charge in [-0.1, -0.05) is 45.4 Å². The van der Waals surface area contributed by atoms with E-state index in [1.54, 1.807) is 0 Å². The first-order valence-corrected chi connectivity index (χ1v) is 7.07. The summed E-state index contributed by atoms with van der Waals surface area (Å²) in [5, 5.41) is 9.60. The number of nitrogens with zero attached hydrogens (tertiary/aromatic N) is 1. The van der Waals surface area contributed by atoms with Crippen LogP contribution >= 0.6 is 0 Å². The predicted molar refractivity (Wildman–Crippen MR) is 74.3 cm³/mol. The molecule has 1 aromatic rings. The summed E-state index contributed by atoms with van der Waals surface area (Å²) in [6.45, 7) is 4.11. The monoisotopic (exact) mass is 251 g/mol. The molecule has 3 heteroatoms. The van der Waals surface area contributed by atoms with Gasteiger partial charge in [0, 0.05) is 6.07 Å². The van der Waals surface area contributed by atoms with E-state index in [9.17, 15) is 10.0 Å². The number of aryl methyl sites for hydroxylation is 2. The summed E-state index contributed by atoms with van der Waals surface area (Å²) in [6, 6.07) is 3.34. The smallest absolute Gasteiger partial charge is 0.283 e. The highest BCUT2D eigenvalue weighted by atomic mass is 16.5. The zero-order valence-corrected chi connectivity index (χ0v) is 11.6. The lowest BCUT2D eigenvalue weighted by Crippen LogP contribution is -2.20. The van der Waals surface area contributed by atoms with Crippen LogP contribution in [0.1, 0.15) is 63.1 Å². The van der Waals surface area contributed by atoms with Gasteiger partial charge in [0.25, 0.3) is 5.56 Å². The summed E-state index contributed by atoms with van der Waals surface area (Å²) < 4.78 is 0.782. The van der Waals surface area contributed by atoms with Gasteiger partial charge in [-0.25, -0.2) is 0 Å². The van der Waals surface area contributed by atoms with Crippen molar-refractivity contribution in [2.45, 2.75) is 65.2 Å². The van der Waals surface area contributed by atoms with E-state index in [4.69, 9.17) is 0 Å². The van der Waals surface area contributed by atoms with Gasteiger partial charge in [-0.05, 0) is 31.4 Å². The van der Waals surface area contributed by atoms with E-state index in [-0.39, 0.29) is 5.56 Å². The summed E-state index contributed by atoms with van der Waals surface area (Å²) in [5.41, 5.74) is 1.32. The Morgan fingerprint density at radius 2 is 1.67 bits per heavy atom. The largest absolute Gasteiger partial charge is 0.425 e. The normalized spacial score (nSPS) is 10.8. The minimum Gasteiger partial charge on any atom is -0.425 e. The standard InChI is InChI=1S/C15H25NO2/c1-3-4-5-6-7-8-9-10-14-11-13(2)12-15(17)16(14)18/h11-12,18H,3-10H2,1-2H3. The topological polar surface area (TPSA) is 42.2 Å². The van der Waals surface area contributed by atoms with Crippen LogP contribution in [-0.4, -0.2) is 9.94 Å². The van der Waals surface area contributed by atoms with Gasteiger partial charge in [-0.15, -0.1) is 0 Å².